The zero-order chi connectivity index (χ0) is 23.4. The van der Waals surface area contributed by atoms with Gasteiger partial charge in [0.05, 0.1) is 24.8 Å². The maximum Gasteiger partial charge on any atom is 0.234 e. The normalized spacial score (nSPS) is 18.0. The van der Waals surface area contributed by atoms with Gasteiger partial charge in [0.25, 0.3) is 0 Å². The van der Waals surface area contributed by atoms with Crippen molar-refractivity contribution in [1.82, 2.24) is 14.5 Å². The van der Waals surface area contributed by atoms with Crippen molar-refractivity contribution in [3.63, 3.8) is 0 Å². The molecule has 0 aliphatic carbocycles. The Morgan fingerprint density at radius 1 is 1.15 bits per heavy atom. The molecule has 33 heavy (non-hydrogen) atoms. The van der Waals surface area contributed by atoms with E-state index in [1.807, 2.05) is 79.2 Å². The Bertz CT molecular complexity index is 1170. The SMILES string of the molecule is COc1cc(/C=C/C2=NOC(C)(c3ccc(Cl)cc3)N2CCCCl)ccc1-n1cnc(C)c1. The van der Waals surface area contributed by atoms with Crippen LogP contribution in [0.3, 0.4) is 0 Å². The minimum absolute atomic E-state index is 0.552. The molecule has 8 heteroatoms. The molecule has 172 valence electrons. The lowest BCUT2D eigenvalue weighted by Gasteiger charge is -2.34. The molecule has 4 rings (SSSR count). The minimum atomic E-state index is -0.739. The zero-order valence-corrected chi connectivity index (χ0v) is 20.3. The summed E-state index contributed by atoms with van der Waals surface area (Å²) in [6.07, 6.45) is 8.48. The number of imidazole rings is 1. The Balaban J connectivity index is 1.59. The van der Waals surface area contributed by atoms with Gasteiger partial charge in [-0.2, -0.15) is 0 Å². The van der Waals surface area contributed by atoms with Gasteiger partial charge in [0, 0.05) is 36.1 Å². The van der Waals surface area contributed by atoms with Crippen molar-refractivity contribution in [2.24, 2.45) is 5.16 Å². The number of amidine groups is 1. The fourth-order valence-electron chi connectivity index (χ4n) is 3.82. The van der Waals surface area contributed by atoms with Gasteiger partial charge < -0.3 is 19.0 Å². The van der Waals surface area contributed by atoms with E-state index in [9.17, 15) is 0 Å². The van der Waals surface area contributed by atoms with E-state index < -0.39 is 5.72 Å². The molecule has 0 spiro atoms. The summed E-state index contributed by atoms with van der Waals surface area (Å²) in [5, 5.41) is 5.06. The molecule has 0 radical (unpaired) electrons. The molecule has 6 nitrogen and oxygen atoms in total. The maximum absolute atomic E-state index is 6.08. The first-order valence-electron chi connectivity index (χ1n) is 10.7. The van der Waals surface area contributed by atoms with Crippen LogP contribution in [0.4, 0.5) is 0 Å². The zero-order valence-electron chi connectivity index (χ0n) is 18.8. The molecule has 0 bridgehead atoms. The predicted molar refractivity (Wildman–Crippen MR) is 133 cm³/mol. The molecular weight excluding hydrogens is 459 g/mol. The molecule has 0 amide bonds. The Morgan fingerprint density at radius 3 is 2.61 bits per heavy atom. The highest BCUT2D eigenvalue weighted by Crippen LogP contribution is 2.36. The average Bonchev–Trinajstić information content (AvgIpc) is 3.40. The maximum atomic E-state index is 6.08. The van der Waals surface area contributed by atoms with Crippen LogP contribution < -0.4 is 4.74 Å². The largest absolute Gasteiger partial charge is 0.495 e. The van der Waals surface area contributed by atoms with E-state index in [0.717, 1.165) is 40.5 Å². The van der Waals surface area contributed by atoms with Gasteiger partial charge in [-0.25, -0.2) is 4.98 Å². The fraction of sp³-hybridized carbons (Fsp3) is 0.280. The minimum Gasteiger partial charge on any atom is -0.495 e. The molecule has 2 heterocycles. The van der Waals surface area contributed by atoms with Gasteiger partial charge in [-0.05, 0) is 49.2 Å². The highest BCUT2D eigenvalue weighted by atomic mass is 35.5. The van der Waals surface area contributed by atoms with Crippen LogP contribution >= 0.6 is 23.2 Å². The fourth-order valence-corrected chi connectivity index (χ4v) is 4.07. The lowest BCUT2D eigenvalue weighted by atomic mass is 10.0. The van der Waals surface area contributed by atoms with Gasteiger partial charge in [0.1, 0.15) is 5.75 Å². The Labute approximate surface area is 204 Å². The second-order valence-corrected chi connectivity index (χ2v) is 8.73. The summed E-state index contributed by atoms with van der Waals surface area (Å²) in [5.74, 6) is 2.03. The first kappa shape index (κ1) is 23.2. The van der Waals surface area contributed by atoms with Crippen molar-refractivity contribution in [2.45, 2.75) is 26.0 Å². The summed E-state index contributed by atoms with van der Waals surface area (Å²) in [6.45, 7) is 4.66. The van der Waals surface area contributed by atoms with Crippen LogP contribution in [-0.4, -0.2) is 39.8 Å². The number of alkyl halides is 1. The summed E-state index contributed by atoms with van der Waals surface area (Å²) in [7, 11) is 1.66. The topological polar surface area (TPSA) is 51.9 Å². The van der Waals surface area contributed by atoms with E-state index in [4.69, 9.17) is 32.8 Å². The number of rotatable bonds is 8. The first-order chi connectivity index (χ1) is 15.9. The van der Waals surface area contributed by atoms with Crippen LogP contribution in [0.1, 0.15) is 30.2 Å². The van der Waals surface area contributed by atoms with Crippen LogP contribution in [0.5, 0.6) is 5.75 Å². The second-order valence-electron chi connectivity index (χ2n) is 7.91. The standard InChI is InChI=1S/C25H26Cl2N4O2/c1-18-16-30(17-28-18)22-11-5-19(15-23(22)32-3)6-12-24-29-33-25(2,31(24)14-4-13-26)20-7-9-21(27)10-8-20/h5-12,15-17H,4,13-14H2,1-3H3/b12-6+. The lowest BCUT2D eigenvalue weighted by molar-refractivity contribution is -0.0901. The van der Waals surface area contributed by atoms with E-state index in [0.29, 0.717) is 17.4 Å². The van der Waals surface area contributed by atoms with Gasteiger partial charge in [-0.3, -0.25) is 0 Å². The molecule has 0 N–H and O–H groups in total. The number of benzene rings is 2. The third-order valence-electron chi connectivity index (χ3n) is 5.62. The number of methoxy groups -OCH3 is 1. The third kappa shape index (κ3) is 4.87. The Hall–Kier alpha value is -2.96. The molecular formula is C25H26Cl2N4O2. The van der Waals surface area contributed by atoms with E-state index in [1.54, 1.807) is 13.4 Å². The summed E-state index contributed by atoms with van der Waals surface area (Å²) >= 11 is 12.1. The number of aryl methyl sites for hydroxylation is 1. The van der Waals surface area contributed by atoms with Crippen LogP contribution in [0.15, 0.2) is 66.2 Å². The Kier molecular flexibility index (Phi) is 6.96. The molecule has 1 aromatic heterocycles. The van der Waals surface area contributed by atoms with Gasteiger partial charge in [0.15, 0.2) is 5.84 Å². The van der Waals surface area contributed by atoms with E-state index in [1.165, 1.54) is 0 Å². The van der Waals surface area contributed by atoms with Crippen molar-refractivity contribution in [1.29, 1.82) is 0 Å². The van der Waals surface area contributed by atoms with Crippen LogP contribution in [0, 0.1) is 6.92 Å². The second kappa shape index (κ2) is 9.89. The number of hydrogen-bond acceptors (Lipinski definition) is 5. The van der Waals surface area contributed by atoms with E-state index >= 15 is 0 Å². The van der Waals surface area contributed by atoms with Gasteiger partial charge >= 0.3 is 0 Å². The smallest absolute Gasteiger partial charge is 0.234 e. The quantitative estimate of drug-likeness (QED) is 0.367. The third-order valence-corrected chi connectivity index (χ3v) is 6.14. The highest BCUT2D eigenvalue weighted by Gasteiger charge is 2.42. The molecule has 1 unspecified atom stereocenters. The molecule has 1 aliphatic rings. The lowest BCUT2D eigenvalue weighted by Crippen LogP contribution is -2.44. The van der Waals surface area contributed by atoms with Gasteiger partial charge in [0.2, 0.25) is 5.72 Å². The number of ether oxygens (including phenoxy) is 1. The van der Waals surface area contributed by atoms with Crippen molar-refractivity contribution < 1.29 is 9.57 Å². The Morgan fingerprint density at radius 2 is 1.94 bits per heavy atom. The molecule has 1 aliphatic heterocycles. The van der Waals surface area contributed by atoms with Gasteiger partial charge in [-0.1, -0.05) is 41.0 Å². The number of hydrogen-bond donors (Lipinski definition) is 0. The van der Waals surface area contributed by atoms with Crippen molar-refractivity contribution in [2.75, 3.05) is 19.5 Å². The average molecular weight is 485 g/mol. The van der Waals surface area contributed by atoms with Crippen LogP contribution in [0.2, 0.25) is 5.02 Å². The highest BCUT2D eigenvalue weighted by molar-refractivity contribution is 6.30. The van der Waals surface area contributed by atoms with E-state index in [-0.39, 0.29) is 0 Å². The molecule has 3 aromatic rings. The number of oxime groups is 1. The van der Waals surface area contributed by atoms with Crippen molar-refractivity contribution in [3.05, 3.63) is 82.9 Å². The monoisotopic (exact) mass is 484 g/mol. The summed E-state index contributed by atoms with van der Waals surface area (Å²) in [5.41, 5.74) is 3.08. The predicted octanol–water partition coefficient (Wildman–Crippen LogP) is 6.00. The van der Waals surface area contributed by atoms with Crippen LogP contribution in [-0.2, 0) is 10.6 Å². The van der Waals surface area contributed by atoms with Crippen molar-refractivity contribution >= 4 is 35.1 Å². The molecule has 0 saturated heterocycles. The summed E-state index contributed by atoms with van der Waals surface area (Å²) in [4.78, 5) is 12.4. The molecule has 0 saturated carbocycles. The number of aromatic nitrogens is 2. The van der Waals surface area contributed by atoms with E-state index in [2.05, 4.69) is 15.0 Å². The molecule has 1 atom stereocenters. The van der Waals surface area contributed by atoms with Gasteiger partial charge in [-0.15, -0.1) is 11.6 Å². The number of halogens is 2. The molecule has 0 fully saturated rings. The molecule has 2 aromatic carbocycles. The first-order valence-corrected chi connectivity index (χ1v) is 11.6. The van der Waals surface area contributed by atoms with Crippen molar-refractivity contribution in [3.8, 4) is 11.4 Å². The summed E-state index contributed by atoms with van der Waals surface area (Å²) in [6, 6.07) is 13.7. The number of nitrogens with zero attached hydrogens (tertiary/aromatic N) is 4. The van der Waals surface area contributed by atoms with Crippen LogP contribution in [0.25, 0.3) is 11.8 Å². The summed E-state index contributed by atoms with van der Waals surface area (Å²) < 4.78 is 7.57.